The van der Waals surface area contributed by atoms with Gasteiger partial charge in [-0.2, -0.15) is 26.3 Å². The molecule has 2 N–H and O–H groups in total. The van der Waals surface area contributed by atoms with Gasteiger partial charge in [0.15, 0.2) is 0 Å². The van der Waals surface area contributed by atoms with Crippen molar-refractivity contribution in [1.29, 1.82) is 0 Å². The third-order valence-corrected chi connectivity index (χ3v) is 6.72. The van der Waals surface area contributed by atoms with E-state index < -0.39 is 54.1 Å². The van der Waals surface area contributed by atoms with Crippen molar-refractivity contribution >= 4 is 35.3 Å². The van der Waals surface area contributed by atoms with Gasteiger partial charge >= 0.3 is 24.5 Å². The number of nitrogens with zero attached hydrogens (tertiary/aromatic N) is 2. The average molecular weight is 572 g/mol. The van der Waals surface area contributed by atoms with Gasteiger partial charge in [0.2, 0.25) is 0 Å². The first kappa shape index (κ1) is 28.7. The number of halogens is 8. The molecule has 2 atom stereocenters. The van der Waals surface area contributed by atoms with Crippen molar-refractivity contribution in [2.75, 3.05) is 20.1 Å². The molecule has 0 radical (unpaired) electrons. The molecule has 3 amide bonds. The number of hydrogen-bond donors (Lipinski definition) is 2. The molecule has 0 saturated carbocycles. The first-order valence-electron chi connectivity index (χ1n) is 10.8. The first-order valence-corrected chi connectivity index (χ1v) is 11.5. The van der Waals surface area contributed by atoms with Crippen LogP contribution < -0.4 is 5.32 Å². The van der Waals surface area contributed by atoms with Crippen LogP contribution in [0.3, 0.4) is 0 Å². The number of carbonyl (C=O) groups excluding carboxylic acids is 1. The van der Waals surface area contributed by atoms with Gasteiger partial charge in [-0.05, 0) is 47.9 Å². The van der Waals surface area contributed by atoms with Gasteiger partial charge in [0.1, 0.15) is 0 Å². The van der Waals surface area contributed by atoms with Crippen molar-refractivity contribution in [3.63, 3.8) is 0 Å². The van der Waals surface area contributed by atoms with Crippen LogP contribution in [0.2, 0.25) is 10.0 Å². The molecule has 37 heavy (non-hydrogen) atoms. The lowest BCUT2D eigenvalue weighted by molar-refractivity contribution is -0.143. The van der Waals surface area contributed by atoms with Crippen LogP contribution in [0.1, 0.15) is 34.6 Å². The highest BCUT2D eigenvalue weighted by molar-refractivity contribution is 6.42. The largest absolute Gasteiger partial charge is 0.465 e. The highest BCUT2D eigenvalue weighted by atomic mass is 35.5. The normalized spacial score (nSPS) is 18.5. The molecule has 1 fully saturated rings. The number of rotatable bonds is 4. The van der Waals surface area contributed by atoms with E-state index in [0.717, 1.165) is 4.90 Å². The Labute approximate surface area is 217 Å². The van der Waals surface area contributed by atoms with Crippen LogP contribution in [0.15, 0.2) is 36.4 Å². The summed E-state index contributed by atoms with van der Waals surface area (Å²) in [6.45, 7) is -0.418. The monoisotopic (exact) mass is 571 g/mol. The fourth-order valence-corrected chi connectivity index (χ4v) is 4.41. The summed E-state index contributed by atoms with van der Waals surface area (Å²) in [6, 6.07) is 4.47. The Kier molecular flexibility index (Phi) is 8.43. The Hall–Kier alpha value is -2.86. The Morgan fingerprint density at radius 3 is 2.14 bits per heavy atom. The van der Waals surface area contributed by atoms with Crippen LogP contribution >= 0.6 is 23.2 Å². The Bertz CT molecular complexity index is 1140. The summed E-state index contributed by atoms with van der Waals surface area (Å²) in [4.78, 5) is 26.5. The molecule has 2 aromatic rings. The fraction of sp³-hybridized carbons (Fsp3) is 0.391. The maximum absolute atomic E-state index is 13.2. The fourth-order valence-electron chi connectivity index (χ4n) is 4.10. The summed E-state index contributed by atoms with van der Waals surface area (Å²) in [5.41, 5.74) is -2.72. The van der Waals surface area contributed by atoms with E-state index in [2.05, 4.69) is 5.32 Å². The van der Waals surface area contributed by atoms with Gasteiger partial charge in [0.05, 0.1) is 21.2 Å². The number of hydrogen-bond acceptors (Lipinski definition) is 2. The maximum atomic E-state index is 13.2. The van der Waals surface area contributed by atoms with Crippen molar-refractivity contribution in [3.05, 3.63) is 68.7 Å². The number of alkyl halides is 6. The smallest absolute Gasteiger partial charge is 0.416 e. The van der Waals surface area contributed by atoms with Crippen LogP contribution in [0.4, 0.5) is 35.9 Å². The van der Waals surface area contributed by atoms with E-state index in [9.17, 15) is 41.0 Å². The van der Waals surface area contributed by atoms with Crippen LogP contribution in [0, 0.1) is 0 Å². The molecule has 1 heterocycles. The third kappa shape index (κ3) is 7.13. The summed E-state index contributed by atoms with van der Waals surface area (Å²) < 4.78 is 79.0. The molecule has 0 aliphatic carbocycles. The van der Waals surface area contributed by atoms with Crippen LogP contribution in [-0.2, 0) is 18.9 Å². The second-order valence-corrected chi connectivity index (χ2v) is 9.44. The second kappa shape index (κ2) is 10.9. The molecule has 3 rings (SSSR count). The van der Waals surface area contributed by atoms with E-state index in [1.54, 1.807) is 12.1 Å². The summed E-state index contributed by atoms with van der Waals surface area (Å²) in [5.74, 6) is -0.539. The number of benzene rings is 2. The highest BCUT2D eigenvalue weighted by Crippen LogP contribution is 2.37. The van der Waals surface area contributed by atoms with Crippen LogP contribution in [0.25, 0.3) is 0 Å². The zero-order chi connectivity index (χ0) is 27.7. The van der Waals surface area contributed by atoms with Crippen LogP contribution in [-0.4, -0.2) is 53.2 Å². The van der Waals surface area contributed by atoms with Crippen molar-refractivity contribution in [1.82, 2.24) is 15.1 Å². The number of urea groups is 1. The van der Waals surface area contributed by atoms with Gasteiger partial charge in [-0.15, -0.1) is 0 Å². The highest BCUT2D eigenvalue weighted by Gasteiger charge is 2.38. The van der Waals surface area contributed by atoms with Gasteiger partial charge in [0.25, 0.3) is 0 Å². The lowest BCUT2D eigenvalue weighted by Gasteiger charge is -2.38. The van der Waals surface area contributed by atoms with Gasteiger partial charge in [-0.25, -0.2) is 9.59 Å². The third-order valence-electron chi connectivity index (χ3n) is 5.98. The lowest BCUT2D eigenvalue weighted by atomic mass is 9.86. The zero-order valence-electron chi connectivity index (χ0n) is 19.1. The van der Waals surface area contributed by atoms with E-state index in [0.29, 0.717) is 17.7 Å². The van der Waals surface area contributed by atoms with E-state index >= 15 is 0 Å². The predicted molar refractivity (Wildman–Crippen MR) is 124 cm³/mol. The molecule has 0 aromatic heterocycles. The van der Waals surface area contributed by atoms with Crippen molar-refractivity contribution in [2.45, 2.75) is 37.3 Å². The molecular formula is C23H21Cl2F6N3O3. The van der Waals surface area contributed by atoms with Gasteiger partial charge in [-0.3, -0.25) is 0 Å². The molecule has 6 nitrogen and oxygen atoms in total. The quantitative estimate of drug-likeness (QED) is 0.401. The second-order valence-electron chi connectivity index (χ2n) is 8.62. The summed E-state index contributed by atoms with van der Waals surface area (Å²) in [7, 11) is 1.23. The maximum Gasteiger partial charge on any atom is 0.416 e. The number of piperidine rings is 1. The number of nitrogens with one attached hydrogen (secondary N) is 1. The summed E-state index contributed by atoms with van der Waals surface area (Å²) >= 11 is 12.1. The summed E-state index contributed by atoms with van der Waals surface area (Å²) in [5, 5.41) is 12.6. The van der Waals surface area contributed by atoms with Crippen molar-refractivity contribution < 1.29 is 41.0 Å². The molecular weight excluding hydrogens is 551 g/mol. The number of amides is 3. The van der Waals surface area contributed by atoms with E-state index in [-0.39, 0.29) is 41.2 Å². The van der Waals surface area contributed by atoms with Gasteiger partial charge in [0, 0.05) is 38.6 Å². The molecule has 202 valence electrons. The minimum Gasteiger partial charge on any atom is -0.465 e. The Morgan fingerprint density at radius 2 is 1.62 bits per heavy atom. The molecule has 0 bridgehead atoms. The number of likely N-dealkylation sites (tertiary alicyclic amines) is 1. The molecule has 1 aliphatic heterocycles. The molecule has 0 spiro atoms. The topological polar surface area (TPSA) is 72.9 Å². The minimum absolute atomic E-state index is 0.0155. The zero-order valence-corrected chi connectivity index (χ0v) is 20.6. The number of carbonyl (C=O) groups is 2. The van der Waals surface area contributed by atoms with Gasteiger partial charge < -0.3 is 20.2 Å². The minimum atomic E-state index is -5.01. The molecule has 2 aromatic carbocycles. The molecule has 0 unspecified atom stereocenters. The standard InChI is InChI=1S/C23H21Cl2F6N3O3/c1-33(10-12-6-14(22(26,27)28)9-15(7-12)23(29,30)31)20(35)32-19-4-5-34(21(36)37)11-16(19)13-2-3-17(24)18(25)8-13/h2-3,6-9,16,19H,4-5,10-11H2,1H3,(H,32,35)(H,36,37)/t16-,19+/m0/s1. The first-order chi connectivity index (χ1) is 17.1. The van der Waals surface area contributed by atoms with E-state index in [1.165, 1.54) is 18.0 Å². The average Bonchev–Trinajstić information content (AvgIpc) is 2.79. The van der Waals surface area contributed by atoms with Crippen molar-refractivity contribution in [2.24, 2.45) is 0 Å². The summed E-state index contributed by atoms with van der Waals surface area (Å²) in [6.07, 6.45) is -11.0. The molecule has 14 heteroatoms. The van der Waals surface area contributed by atoms with E-state index in [4.69, 9.17) is 23.2 Å². The SMILES string of the molecule is CN(Cc1cc(C(F)(F)F)cc(C(F)(F)F)c1)C(=O)N[C@@H]1CCN(C(=O)O)C[C@H]1c1ccc(Cl)c(Cl)c1. The van der Waals surface area contributed by atoms with E-state index in [1.807, 2.05) is 0 Å². The lowest BCUT2D eigenvalue weighted by Crippen LogP contribution is -2.53. The van der Waals surface area contributed by atoms with Gasteiger partial charge in [-0.1, -0.05) is 29.3 Å². The Morgan fingerprint density at radius 1 is 1.03 bits per heavy atom. The number of carboxylic acid groups (broad SMARTS) is 1. The predicted octanol–water partition coefficient (Wildman–Crippen LogP) is 6.71. The Balaban J connectivity index is 1.81. The van der Waals surface area contributed by atoms with Crippen molar-refractivity contribution in [3.8, 4) is 0 Å². The molecule has 1 saturated heterocycles. The van der Waals surface area contributed by atoms with Crippen LogP contribution in [0.5, 0.6) is 0 Å². The molecule has 1 aliphatic rings.